The molecule has 1 aliphatic carbocycles. The number of nitrogens with zero attached hydrogens (tertiary/aromatic N) is 2. The Balaban J connectivity index is 1.46. The fourth-order valence-corrected chi connectivity index (χ4v) is 6.04. The van der Waals surface area contributed by atoms with E-state index in [0.717, 1.165) is 50.2 Å². The minimum atomic E-state index is -0.213. The van der Waals surface area contributed by atoms with E-state index in [1.54, 1.807) is 18.9 Å². The number of hydrogen-bond donors (Lipinski definition) is 0. The topological polar surface area (TPSA) is 49.9 Å². The van der Waals surface area contributed by atoms with E-state index in [4.69, 9.17) is 4.74 Å². The maximum Gasteiger partial charge on any atom is 0.238 e. The zero-order chi connectivity index (χ0) is 18.9. The molecular formula is C21H28N2O3S. The zero-order valence-corrected chi connectivity index (χ0v) is 16.8. The molecule has 6 heteroatoms. The van der Waals surface area contributed by atoms with Gasteiger partial charge in [0.25, 0.3) is 0 Å². The van der Waals surface area contributed by atoms with Crippen molar-refractivity contribution in [2.75, 3.05) is 30.9 Å². The van der Waals surface area contributed by atoms with Gasteiger partial charge in [-0.05, 0) is 49.9 Å². The van der Waals surface area contributed by atoms with Crippen LogP contribution in [-0.2, 0) is 9.59 Å². The standard InChI is InChI=1S/C21H28N2O3S/c1-26-18-9-7-17(8-10-18)23-19(24)15-27-21(23)11-13-22(14-12-21)20(25)16-5-3-2-4-6-16/h7-10,16H,2-6,11-15H2,1H3. The number of ether oxygens (including phenoxy) is 1. The summed E-state index contributed by atoms with van der Waals surface area (Å²) in [5.41, 5.74) is 0.929. The number of amides is 2. The third-order valence-corrected chi connectivity index (χ3v) is 7.78. The first-order valence-electron chi connectivity index (χ1n) is 10.0. The van der Waals surface area contributed by atoms with Crippen LogP contribution in [-0.4, -0.2) is 47.5 Å². The van der Waals surface area contributed by atoms with Gasteiger partial charge in [-0.3, -0.25) is 14.5 Å². The van der Waals surface area contributed by atoms with Gasteiger partial charge in [0.15, 0.2) is 0 Å². The fourth-order valence-electron chi connectivity index (χ4n) is 4.72. The Bertz CT molecular complexity index is 692. The molecule has 27 heavy (non-hydrogen) atoms. The largest absolute Gasteiger partial charge is 0.497 e. The van der Waals surface area contributed by atoms with Gasteiger partial charge in [-0.2, -0.15) is 0 Å². The van der Waals surface area contributed by atoms with Gasteiger partial charge in [-0.15, -0.1) is 11.8 Å². The van der Waals surface area contributed by atoms with Gasteiger partial charge in [0.05, 0.1) is 17.7 Å². The SMILES string of the molecule is COc1ccc(N2C(=O)CSC23CCN(C(=O)C2CCCCC2)CC3)cc1. The highest BCUT2D eigenvalue weighted by Gasteiger charge is 2.49. The van der Waals surface area contributed by atoms with Crippen molar-refractivity contribution in [2.45, 2.75) is 49.8 Å². The average molecular weight is 389 g/mol. The molecule has 0 radical (unpaired) electrons. The molecule has 2 amide bonds. The molecule has 146 valence electrons. The summed E-state index contributed by atoms with van der Waals surface area (Å²) in [6, 6.07) is 7.73. The Hall–Kier alpha value is -1.69. The van der Waals surface area contributed by atoms with E-state index in [1.165, 1.54) is 19.3 Å². The van der Waals surface area contributed by atoms with Crippen molar-refractivity contribution in [3.05, 3.63) is 24.3 Å². The molecule has 1 aromatic carbocycles. The highest BCUT2D eigenvalue weighted by atomic mass is 32.2. The molecule has 0 atom stereocenters. The summed E-state index contributed by atoms with van der Waals surface area (Å²) in [5, 5.41) is 0. The lowest BCUT2D eigenvalue weighted by Gasteiger charge is -2.44. The number of rotatable bonds is 3. The molecule has 2 saturated heterocycles. The predicted molar refractivity (Wildman–Crippen MR) is 108 cm³/mol. The number of benzene rings is 1. The summed E-state index contributed by atoms with van der Waals surface area (Å²) < 4.78 is 5.24. The van der Waals surface area contributed by atoms with Crippen molar-refractivity contribution in [1.29, 1.82) is 0 Å². The Labute approximate surface area is 165 Å². The lowest BCUT2D eigenvalue weighted by atomic mass is 9.87. The van der Waals surface area contributed by atoms with Crippen molar-refractivity contribution in [3.8, 4) is 5.75 Å². The van der Waals surface area contributed by atoms with Crippen LogP contribution in [0.4, 0.5) is 5.69 Å². The summed E-state index contributed by atoms with van der Waals surface area (Å²) >= 11 is 1.74. The highest BCUT2D eigenvalue weighted by molar-refractivity contribution is 8.02. The van der Waals surface area contributed by atoms with E-state index >= 15 is 0 Å². The van der Waals surface area contributed by atoms with Gasteiger partial charge >= 0.3 is 0 Å². The molecule has 3 fully saturated rings. The van der Waals surface area contributed by atoms with E-state index < -0.39 is 0 Å². The normalized spacial score (nSPS) is 23.1. The number of methoxy groups -OCH3 is 1. The first-order valence-corrected chi connectivity index (χ1v) is 11.0. The summed E-state index contributed by atoms with van der Waals surface area (Å²) in [6.45, 7) is 1.50. The molecule has 0 N–H and O–H groups in total. The van der Waals surface area contributed by atoms with Crippen molar-refractivity contribution >= 4 is 29.3 Å². The van der Waals surface area contributed by atoms with Crippen LogP contribution >= 0.6 is 11.8 Å². The van der Waals surface area contributed by atoms with E-state index in [2.05, 4.69) is 4.90 Å². The van der Waals surface area contributed by atoms with Gasteiger partial charge in [0.1, 0.15) is 5.75 Å². The van der Waals surface area contributed by atoms with Crippen LogP contribution in [0.1, 0.15) is 44.9 Å². The molecule has 0 aromatic heterocycles. The van der Waals surface area contributed by atoms with Crippen LogP contribution in [0.2, 0.25) is 0 Å². The number of carbonyl (C=O) groups is 2. The Kier molecular flexibility index (Phi) is 5.35. The van der Waals surface area contributed by atoms with Gasteiger partial charge in [0.2, 0.25) is 11.8 Å². The van der Waals surface area contributed by atoms with E-state index in [-0.39, 0.29) is 16.7 Å². The third-order valence-electron chi connectivity index (χ3n) is 6.26. The number of anilines is 1. The van der Waals surface area contributed by atoms with Gasteiger partial charge < -0.3 is 9.64 Å². The first-order chi connectivity index (χ1) is 13.1. The van der Waals surface area contributed by atoms with Gasteiger partial charge in [-0.25, -0.2) is 0 Å². The molecule has 2 aliphatic heterocycles. The van der Waals surface area contributed by atoms with Gasteiger partial charge in [-0.1, -0.05) is 19.3 Å². The maximum atomic E-state index is 12.9. The quantitative estimate of drug-likeness (QED) is 0.793. The number of thioether (sulfide) groups is 1. The molecule has 0 bridgehead atoms. The third kappa shape index (κ3) is 3.56. The zero-order valence-electron chi connectivity index (χ0n) is 16.0. The first kappa shape index (κ1) is 18.7. The molecule has 4 rings (SSSR count). The second-order valence-electron chi connectivity index (χ2n) is 7.82. The highest BCUT2D eigenvalue weighted by Crippen LogP contribution is 2.47. The Morgan fingerprint density at radius 1 is 1.11 bits per heavy atom. The monoisotopic (exact) mass is 388 g/mol. The smallest absolute Gasteiger partial charge is 0.238 e. The van der Waals surface area contributed by atoms with Crippen LogP contribution in [0.3, 0.4) is 0 Å². The molecule has 1 aromatic rings. The molecule has 1 saturated carbocycles. The minimum Gasteiger partial charge on any atom is -0.497 e. The number of hydrogen-bond acceptors (Lipinski definition) is 4. The van der Waals surface area contributed by atoms with Crippen LogP contribution < -0.4 is 9.64 Å². The lowest BCUT2D eigenvalue weighted by molar-refractivity contribution is -0.137. The average Bonchev–Trinajstić information content (AvgIpc) is 3.04. The van der Waals surface area contributed by atoms with Crippen LogP contribution in [0, 0.1) is 5.92 Å². The molecule has 0 unspecified atom stereocenters. The molecule has 2 heterocycles. The Morgan fingerprint density at radius 2 is 1.78 bits per heavy atom. The van der Waals surface area contributed by atoms with Gasteiger partial charge in [0, 0.05) is 24.7 Å². The molecular weight excluding hydrogens is 360 g/mol. The second kappa shape index (κ2) is 7.74. The fraction of sp³-hybridized carbons (Fsp3) is 0.619. The van der Waals surface area contributed by atoms with Crippen LogP contribution in [0.25, 0.3) is 0 Å². The number of likely N-dealkylation sites (tertiary alicyclic amines) is 1. The van der Waals surface area contributed by atoms with Crippen LogP contribution in [0.5, 0.6) is 5.75 Å². The number of piperidine rings is 1. The lowest BCUT2D eigenvalue weighted by Crippen LogP contribution is -2.54. The minimum absolute atomic E-state index is 0.164. The summed E-state index contributed by atoms with van der Waals surface area (Å²) in [6.07, 6.45) is 7.41. The molecule has 5 nitrogen and oxygen atoms in total. The second-order valence-corrected chi connectivity index (χ2v) is 9.16. The van der Waals surface area contributed by atoms with Crippen molar-refractivity contribution in [1.82, 2.24) is 4.90 Å². The van der Waals surface area contributed by atoms with Crippen LogP contribution in [0.15, 0.2) is 24.3 Å². The Morgan fingerprint density at radius 3 is 2.41 bits per heavy atom. The number of carbonyl (C=O) groups excluding carboxylic acids is 2. The van der Waals surface area contributed by atoms with Crippen molar-refractivity contribution in [2.24, 2.45) is 5.92 Å². The maximum absolute atomic E-state index is 12.9. The molecule has 3 aliphatic rings. The van der Waals surface area contributed by atoms with Crippen molar-refractivity contribution in [3.63, 3.8) is 0 Å². The summed E-state index contributed by atoms with van der Waals surface area (Å²) in [7, 11) is 1.65. The summed E-state index contributed by atoms with van der Waals surface area (Å²) in [4.78, 5) is 29.3. The van der Waals surface area contributed by atoms with E-state index in [9.17, 15) is 9.59 Å². The van der Waals surface area contributed by atoms with E-state index in [1.807, 2.05) is 29.2 Å². The van der Waals surface area contributed by atoms with E-state index in [0.29, 0.717) is 11.7 Å². The van der Waals surface area contributed by atoms with Crippen molar-refractivity contribution < 1.29 is 14.3 Å². The summed E-state index contributed by atoms with van der Waals surface area (Å²) in [5.74, 6) is 2.04. The molecule has 1 spiro atoms. The predicted octanol–water partition coefficient (Wildman–Crippen LogP) is 3.67.